The average molecular weight is 356 g/mol. The Bertz CT molecular complexity index is 862. The van der Waals surface area contributed by atoms with Gasteiger partial charge in [-0.1, -0.05) is 17.8 Å². The summed E-state index contributed by atoms with van der Waals surface area (Å²) in [5.74, 6) is 1.22. The minimum atomic E-state index is -0.243. The largest absolute Gasteiger partial charge is 0.493 e. The number of methoxy groups -OCH3 is 2. The third-order valence-corrected chi connectivity index (χ3v) is 4.70. The molecule has 0 atom stereocenters. The monoisotopic (exact) mass is 356 g/mol. The van der Waals surface area contributed by atoms with Crippen LogP contribution >= 0.6 is 11.8 Å². The second-order valence-corrected chi connectivity index (χ2v) is 6.45. The highest BCUT2D eigenvalue weighted by Crippen LogP contribution is 2.39. The van der Waals surface area contributed by atoms with E-state index in [0.717, 1.165) is 5.56 Å². The smallest absolute Gasteiger partial charge is 0.221 e. The number of allylic oxidation sites excluding steroid dienone is 3. The first-order chi connectivity index (χ1) is 12.1. The van der Waals surface area contributed by atoms with Gasteiger partial charge in [-0.05, 0) is 42.0 Å². The van der Waals surface area contributed by atoms with Crippen molar-refractivity contribution in [2.75, 3.05) is 14.2 Å². The molecule has 1 aliphatic rings. The fourth-order valence-electron chi connectivity index (χ4n) is 2.40. The quantitative estimate of drug-likeness (QED) is 0.593. The SMILES string of the molecule is COc1ccc(/C=C2\S/C(=C\C(=O)c3ccco3)CC2=O)cc1OC. The van der Waals surface area contributed by atoms with Crippen molar-refractivity contribution in [1.29, 1.82) is 0 Å². The first kappa shape index (κ1) is 17.1. The second kappa shape index (κ2) is 7.44. The molecule has 1 fully saturated rings. The van der Waals surface area contributed by atoms with Crippen molar-refractivity contribution in [3.63, 3.8) is 0 Å². The fourth-order valence-corrected chi connectivity index (χ4v) is 3.43. The van der Waals surface area contributed by atoms with E-state index in [1.54, 1.807) is 44.6 Å². The van der Waals surface area contributed by atoms with Crippen LogP contribution in [0.25, 0.3) is 6.08 Å². The Morgan fingerprint density at radius 1 is 1.20 bits per heavy atom. The molecule has 1 saturated heterocycles. The maximum Gasteiger partial charge on any atom is 0.221 e. The summed E-state index contributed by atoms with van der Waals surface area (Å²) in [7, 11) is 3.13. The normalized spacial score (nSPS) is 17.3. The molecule has 2 heterocycles. The summed E-state index contributed by atoms with van der Waals surface area (Å²) < 4.78 is 15.5. The Labute approximate surface area is 149 Å². The lowest BCUT2D eigenvalue weighted by Crippen LogP contribution is -1.93. The molecule has 1 aliphatic heterocycles. The zero-order valence-corrected chi connectivity index (χ0v) is 14.6. The van der Waals surface area contributed by atoms with Gasteiger partial charge in [0.1, 0.15) is 0 Å². The van der Waals surface area contributed by atoms with Crippen LogP contribution in [-0.2, 0) is 4.79 Å². The molecule has 3 rings (SSSR count). The topological polar surface area (TPSA) is 65.7 Å². The summed E-state index contributed by atoms with van der Waals surface area (Å²) in [6.45, 7) is 0. The molecule has 0 unspecified atom stereocenters. The van der Waals surface area contributed by atoms with Crippen LogP contribution in [0.4, 0.5) is 0 Å². The van der Waals surface area contributed by atoms with E-state index in [-0.39, 0.29) is 23.7 Å². The Kier molecular flexibility index (Phi) is 5.09. The van der Waals surface area contributed by atoms with E-state index >= 15 is 0 Å². The van der Waals surface area contributed by atoms with Gasteiger partial charge in [0.05, 0.1) is 25.4 Å². The fraction of sp³-hybridized carbons (Fsp3) is 0.158. The molecular formula is C19H16O5S. The first-order valence-corrected chi connectivity index (χ1v) is 8.35. The number of Topliss-reactive ketones (excluding diaryl/α,β-unsaturated/α-hetero) is 1. The van der Waals surface area contributed by atoms with E-state index < -0.39 is 0 Å². The Balaban J connectivity index is 1.81. The molecule has 0 aliphatic carbocycles. The highest BCUT2D eigenvalue weighted by Gasteiger charge is 2.24. The van der Waals surface area contributed by atoms with Crippen molar-refractivity contribution in [3.8, 4) is 11.5 Å². The van der Waals surface area contributed by atoms with Crippen molar-refractivity contribution >= 4 is 29.4 Å². The van der Waals surface area contributed by atoms with Gasteiger partial charge >= 0.3 is 0 Å². The van der Waals surface area contributed by atoms with Gasteiger partial charge in [0.25, 0.3) is 0 Å². The van der Waals surface area contributed by atoms with Crippen molar-refractivity contribution < 1.29 is 23.5 Å². The predicted molar refractivity (Wildman–Crippen MR) is 95.9 cm³/mol. The number of benzene rings is 1. The van der Waals surface area contributed by atoms with Gasteiger partial charge in [-0.3, -0.25) is 9.59 Å². The van der Waals surface area contributed by atoms with Crippen LogP contribution in [0.5, 0.6) is 11.5 Å². The third kappa shape index (κ3) is 3.85. The second-order valence-electron chi connectivity index (χ2n) is 5.28. The number of carbonyl (C=O) groups excluding carboxylic acids is 2. The predicted octanol–water partition coefficient (Wildman–Crippen LogP) is 4.11. The maximum atomic E-state index is 12.2. The van der Waals surface area contributed by atoms with Gasteiger partial charge in [0.2, 0.25) is 5.78 Å². The summed E-state index contributed by atoms with van der Waals surface area (Å²) >= 11 is 1.30. The number of thioether (sulfide) groups is 1. The molecule has 0 radical (unpaired) electrons. The molecule has 0 saturated carbocycles. The lowest BCUT2D eigenvalue weighted by Gasteiger charge is -2.07. The number of ketones is 2. The molecule has 128 valence electrons. The molecule has 1 aromatic heterocycles. The van der Waals surface area contributed by atoms with Crippen LogP contribution < -0.4 is 9.47 Å². The van der Waals surface area contributed by atoms with E-state index in [0.29, 0.717) is 21.3 Å². The number of hydrogen-bond acceptors (Lipinski definition) is 6. The summed E-state index contributed by atoms with van der Waals surface area (Å²) in [6, 6.07) is 8.68. The van der Waals surface area contributed by atoms with Crippen LogP contribution in [0.15, 0.2) is 56.9 Å². The summed E-state index contributed by atoms with van der Waals surface area (Å²) in [5, 5.41) is 0. The van der Waals surface area contributed by atoms with Crippen LogP contribution in [0, 0.1) is 0 Å². The minimum Gasteiger partial charge on any atom is -0.493 e. The summed E-state index contributed by atoms with van der Waals surface area (Å²) in [4.78, 5) is 25.6. The van der Waals surface area contributed by atoms with Gasteiger partial charge in [-0.15, -0.1) is 0 Å². The number of carbonyl (C=O) groups is 2. The molecule has 1 aromatic carbocycles. The summed E-state index contributed by atoms with van der Waals surface area (Å²) in [6.07, 6.45) is 4.90. The Morgan fingerprint density at radius 2 is 2.00 bits per heavy atom. The zero-order chi connectivity index (χ0) is 17.8. The van der Waals surface area contributed by atoms with Crippen molar-refractivity contribution in [3.05, 3.63) is 63.8 Å². The minimum absolute atomic E-state index is 0.0155. The van der Waals surface area contributed by atoms with Gasteiger partial charge in [-0.25, -0.2) is 0 Å². The van der Waals surface area contributed by atoms with Crippen LogP contribution in [-0.4, -0.2) is 25.8 Å². The van der Waals surface area contributed by atoms with Crippen LogP contribution in [0.2, 0.25) is 0 Å². The Hall–Kier alpha value is -2.73. The van der Waals surface area contributed by atoms with E-state index in [9.17, 15) is 9.59 Å². The van der Waals surface area contributed by atoms with E-state index in [4.69, 9.17) is 13.9 Å². The number of ether oxygens (including phenoxy) is 2. The number of furan rings is 1. The lowest BCUT2D eigenvalue weighted by molar-refractivity contribution is -0.113. The number of rotatable bonds is 5. The molecule has 0 N–H and O–H groups in total. The maximum absolute atomic E-state index is 12.2. The highest BCUT2D eigenvalue weighted by molar-refractivity contribution is 8.08. The van der Waals surface area contributed by atoms with Gasteiger partial charge < -0.3 is 13.9 Å². The molecule has 0 spiro atoms. The highest BCUT2D eigenvalue weighted by atomic mass is 32.2. The van der Waals surface area contributed by atoms with Crippen LogP contribution in [0.1, 0.15) is 22.5 Å². The van der Waals surface area contributed by atoms with Gasteiger partial charge in [0.15, 0.2) is 23.0 Å². The molecule has 0 bridgehead atoms. The Morgan fingerprint density at radius 3 is 2.68 bits per heavy atom. The number of hydrogen-bond donors (Lipinski definition) is 0. The van der Waals surface area contributed by atoms with E-state index in [2.05, 4.69) is 0 Å². The molecular weight excluding hydrogens is 340 g/mol. The molecule has 6 heteroatoms. The molecule has 25 heavy (non-hydrogen) atoms. The van der Waals surface area contributed by atoms with E-state index in [1.165, 1.54) is 24.1 Å². The standard InChI is InChI=1S/C19H16O5S/c1-22-17-6-5-12(8-18(17)23-2)9-19-15(21)11-13(25-19)10-14(20)16-4-3-7-24-16/h3-10H,11H2,1-2H3/b13-10-,19-9-. The lowest BCUT2D eigenvalue weighted by atomic mass is 10.1. The van der Waals surface area contributed by atoms with Crippen molar-refractivity contribution in [1.82, 2.24) is 0 Å². The molecule has 5 nitrogen and oxygen atoms in total. The molecule has 2 aromatic rings. The first-order valence-electron chi connectivity index (χ1n) is 7.54. The van der Waals surface area contributed by atoms with Gasteiger partial charge in [-0.2, -0.15) is 0 Å². The zero-order valence-electron chi connectivity index (χ0n) is 13.8. The molecule has 0 amide bonds. The third-order valence-electron chi connectivity index (χ3n) is 3.61. The van der Waals surface area contributed by atoms with Gasteiger partial charge in [0, 0.05) is 11.3 Å². The van der Waals surface area contributed by atoms with E-state index in [1.807, 2.05) is 6.07 Å². The van der Waals surface area contributed by atoms with Crippen molar-refractivity contribution in [2.45, 2.75) is 6.42 Å². The van der Waals surface area contributed by atoms with Crippen molar-refractivity contribution in [2.24, 2.45) is 0 Å². The average Bonchev–Trinajstić information content (AvgIpc) is 3.25. The summed E-state index contributed by atoms with van der Waals surface area (Å²) in [5.41, 5.74) is 0.826. The van der Waals surface area contributed by atoms with Crippen LogP contribution in [0.3, 0.4) is 0 Å².